The van der Waals surface area contributed by atoms with Crippen LogP contribution in [-0.2, 0) is 10.2 Å². The van der Waals surface area contributed by atoms with E-state index in [0.717, 1.165) is 75.2 Å². The van der Waals surface area contributed by atoms with Gasteiger partial charge in [0, 0.05) is 51.0 Å². The first kappa shape index (κ1) is 20.1. The molecule has 0 unspecified atom stereocenters. The average molecular weight is 422 g/mol. The lowest BCUT2D eigenvalue weighted by atomic mass is 9.93. The third-order valence-electron chi connectivity index (χ3n) is 6.94. The number of carbonyl (C=O) groups is 1. The normalized spacial score (nSPS) is 20.5. The minimum Gasteiger partial charge on any atom is -0.496 e. The summed E-state index contributed by atoms with van der Waals surface area (Å²) in [6.45, 7) is 5.11. The molecule has 3 aliphatic rings. The van der Waals surface area contributed by atoms with Gasteiger partial charge in [-0.25, -0.2) is 4.98 Å². The summed E-state index contributed by atoms with van der Waals surface area (Å²) in [4.78, 5) is 29.4. The molecule has 1 aromatic carbocycles. The van der Waals surface area contributed by atoms with Crippen LogP contribution < -0.4 is 14.5 Å². The molecule has 1 amide bonds. The van der Waals surface area contributed by atoms with Crippen molar-refractivity contribution in [3.63, 3.8) is 0 Å². The van der Waals surface area contributed by atoms with Crippen LogP contribution in [-0.4, -0.2) is 67.2 Å². The lowest BCUT2D eigenvalue weighted by Crippen LogP contribution is -2.52. The van der Waals surface area contributed by atoms with Gasteiger partial charge in [-0.05, 0) is 44.2 Å². The number of ether oxygens (including phenoxy) is 1. The van der Waals surface area contributed by atoms with Crippen LogP contribution in [0.2, 0.25) is 0 Å². The number of benzene rings is 1. The van der Waals surface area contributed by atoms with Crippen LogP contribution in [0.25, 0.3) is 0 Å². The highest BCUT2D eigenvalue weighted by Crippen LogP contribution is 2.52. The van der Waals surface area contributed by atoms with Crippen LogP contribution in [0.3, 0.4) is 0 Å². The Morgan fingerprint density at radius 1 is 0.935 bits per heavy atom. The van der Waals surface area contributed by atoms with Crippen LogP contribution >= 0.6 is 0 Å². The summed E-state index contributed by atoms with van der Waals surface area (Å²) in [7, 11) is 1.68. The quantitative estimate of drug-likeness (QED) is 0.740. The van der Waals surface area contributed by atoms with Gasteiger partial charge in [-0.1, -0.05) is 18.2 Å². The van der Waals surface area contributed by atoms with Gasteiger partial charge in [-0.3, -0.25) is 4.79 Å². The highest BCUT2D eigenvalue weighted by atomic mass is 16.5. The van der Waals surface area contributed by atoms with Crippen molar-refractivity contribution >= 4 is 17.7 Å². The van der Waals surface area contributed by atoms with Gasteiger partial charge in [-0.2, -0.15) is 4.98 Å². The molecule has 7 heteroatoms. The minimum absolute atomic E-state index is 0.244. The van der Waals surface area contributed by atoms with Gasteiger partial charge in [0.25, 0.3) is 0 Å². The minimum atomic E-state index is -0.398. The molecule has 5 rings (SSSR count). The van der Waals surface area contributed by atoms with E-state index in [0.29, 0.717) is 0 Å². The number of hydrogen-bond acceptors (Lipinski definition) is 6. The van der Waals surface area contributed by atoms with E-state index in [4.69, 9.17) is 9.72 Å². The molecule has 0 N–H and O–H groups in total. The van der Waals surface area contributed by atoms with Crippen LogP contribution in [0.15, 0.2) is 36.5 Å². The van der Waals surface area contributed by atoms with Crippen molar-refractivity contribution in [1.82, 2.24) is 14.9 Å². The maximum Gasteiger partial charge on any atom is 0.233 e. The van der Waals surface area contributed by atoms with Gasteiger partial charge in [-0.15, -0.1) is 0 Å². The van der Waals surface area contributed by atoms with E-state index in [1.165, 1.54) is 19.3 Å². The first-order chi connectivity index (χ1) is 15.2. The predicted molar refractivity (Wildman–Crippen MR) is 121 cm³/mol. The number of piperazine rings is 1. The number of methoxy groups -OCH3 is 1. The Bertz CT molecular complexity index is 931. The topological polar surface area (TPSA) is 61.8 Å². The second-order valence-electron chi connectivity index (χ2n) is 8.82. The molecule has 0 atom stereocenters. The van der Waals surface area contributed by atoms with Crippen LogP contribution in [0, 0.1) is 0 Å². The van der Waals surface area contributed by atoms with E-state index in [9.17, 15) is 4.79 Å². The number of amides is 1. The first-order valence-electron chi connectivity index (χ1n) is 11.5. The number of aromatic nitrogens is 2. The molecule has 2 saturated heterocycles. The molecule has 0 spiro atoms. The largest absolute Gasteiger partial charge is 0.496 e. The van der Waals surface area contributed by atoms with E-state index in [1.807, 2.05) is 41.4 Å². The molecule has 164 valence electrons. The van der Waals surface area contributed by atoms with E-state index >= 15 is 0 Å². The van der Waals surface area contributed by atoms with Crippen molar-refractivity contribution in [3.8, 4) is 5.75 Å². The third kappa shape index (κ3) is 3.82. The van der Waals surface area contributed by atoms with Gasteiger partial charge in [0.2, 0.25) is 11.9 Å². The van der Waals surface area contributed by atoms with Crippen LogP contribution in [0.1, 0.15) is 37.7 Å². The zero-order chi connectivity index (χ0) is 21.3. The zero-order valence-corrected chi connectivity index (χ0v) is 18.3. The Morgan fingerprint density at radius 2 is 1.68 bits per heavy atom. The molecule has 2 aromatic rings. The predicted octanol–water partition coefficient (Wildman–Crippen LogP) is 2.86. The van der Waals surface area contributed by atoms with Crippen LogP contribution in [0.4, 0.5) is 11.8 Å². The van der Waals surface area contributed by atoms with Crippen molar-refractivity contribution in [2.45, 2.75) is 37.5 Å². The molecule has 31 heavy (non-hydrogen) atoms. The van der Waals surface area contributed by atoms with Crippen molar-refractivity contribution in [3.05, 3.63) is 42.1 Å². The van der Waals surface area contributed by atoms with Gasteiger partial charge < -0.3 is 19.4 Å². The van der Waals surface area contributed by atoms with Crippen LogP contribution in [0.5, 0.6) is 5.75 Å². The maximum atomic E-state index is 13.5. The van der Waals surface area contributed by atoms with E-state index < -0.39 is 5.41 Å². The summed E-state index contributed by atoms with van der Waals surface area (Å²) in [5, 5.41) is 0. The Kier molecular flexibility index (Phi) is 5.42. The molecule has 1 aliphatic carbocycles. The molecule has 0 bridgehead atoms. The van der Waals surface area contributed by atoms with Gasteiger partial charge >= 0.3 is 0 Å². The SMILES string of the molecule is COc1ccccc1C1(C(=O)N2CCN(c3ccnc(N4CCCCC4)n3)CC2)CC1. The standard InChI is InChI=1S/C24H31N5O2/c1-31-20-8-4-3-7-19(20)24(10-11-24)22(30)28-17-15-27(16-18-28)21-9-12-25-23(26-21)29-13-5-2-6-14-29/h3-4,7-9,12H,2,5-6,10-11,13-18H2,1H3. The zero-order valence-electron chi connectivity index (χ0n) is 18.3. The number of nitrogens with zero attached hydrogens (tertiary/aromatic N) is 5. The fourth-order valence-corrected chi connectivity index (χ4v) is 4.97. The van der Waals surface area contributed by atoms with Gasteiger partial charge in [0.1, 0.15) is 11.6 Å². The molecule has 0 radical (unpaired) electrons. The lowest BCUT2D eigenvalue weighted by Gasteiger charge is -2.37. The second-order valence-corrected chi connectivity index (χ2v) is 8.82. The fourth-order valence-electron chi connectivity index (χ4n) is 4.97. The summed E-state index contributed by atoms with van der Waals surface area (Å²) < 4.78 is 5.55. The average Bonchev–Trinajstić information content (AvgIpc) is 3.66. The highest BCUT2D eigenvalue weighted by molar-refractivity contribution is 5.92. The first-order valence-corrected chi connectivity index (χ1v) is 11.5. The van der Waals surface area contributed by atoms with E-state index in [-0.39, 0.29) is 5.91 Å². The third-order valence-corrected chi connectivity index (χ3v) is 6.94. The number of anilines is 2. The molecule has 3 heterocycles. The Balaban J connectivity index is 1.25. The van der Waals surface area contributed by atoms with Crippen molar-refractivity contribution in [1.29, 1.82) is 0 Å². The molecule has 7 nitrogen and oxygen atoms in total. The highest BCUT2D eigenvalue weighted by Gasteiger charge is 2.54. The van der Waals surface area contributed by atoms with Crippen molar-refractivity contribution in [2.75, 3.05) is 56.2 Å². The van der Waals surface area contributed by atoms with E-state index in [1.54, 1.807) is 7.11 Å². The van der Waals surface area contributed by atoms with Crippen molar-refractivity contribution < 1.29 is 9.53 Å². The fraction of sp³-hybridized carbons (Fsp3) is 0.542. The number of carbonyl (C=O) groups excluding carboxylic acids is 1. The molecular weight excluding hydrogens is 390 g/mol. The Morgan fingerprint density at radius 3 is 2.39 bits per heavy atom. The second kappa shape index (κ2) is 8.36. The summed E-state index contributed by atoms with van der Waals surface area (Å²) in [5.41, 5.74) is 0.636. The molecule has 2 aliphatic heterocycles. The van der Waals surface area contributed by atoms with Gasteiger partial charge in [0.05, 0.1) is 12.5 Å². The number of rotatable bonds is 5. The summed E-state index contributed by atoms with van der Waals surface area (Å²) >= 11 is 0. The number of piperidine rings is 1. The Labute approximate surface area is 184 Å². The smallest absolute Gasteiger partial charge is 0.233 e. The summed E-state index contributed by atoms with van der Waals surface area (Å²) in [6.07, 6.45) is 7.38. The number of hydrogen-bond donors (Lipinski definition) is 0. The van der Waals surface area contributed by atoms with Gasteiger partial charge in [0.15, 0.2) is 0 Å². The maximum absolute atomic E-state index is 13.5. The Hall–Kier alpha value is -2.83. The van der Waals surface area contributed by atoms with Crippen molar-refractivity contribution in [2.24, 2.45) is 0 Å². The molecule has 3 fully saturated rings. The molecular formula is C24H31N5O2. The summed E-state index contributed by atoms with van der Waals surface area (Å²) in [6, 6.07) is 9.94. The monoisotopic (exact) mass is 421 g/mol. The molecule has 1 aromatic heterocycles. The lowest BCUT2D eigenvalue weighted by molar-refractivity contribution is -0.134. The van der Waals surface area contributed by atoms with E-state index in [2.05, 4.69) is 14.8 Å². The number of para-hydroxylation sites is 1. The summed E-state index contributed by atoms with van der Waals surface area (Å²) in [5.74, 6) is 2.86. The molecule has 1 saturated carbocycles.